The van der Waals surface area contributed by atoms with Gasteiger partial charge in [-0.25, -0.2) is 0 Å². The molecule has 0 bridgehead atoms. The van der Waals surface area contributed by atoms with E-state index in [9.17, 15) is 4.79 Å². The van der Waals surface area contributed by atoms with Crippen LogP contribution in [-0.4, -0.2) is 36.6 Å². The van der Waals surface area contributed by atoms with E-state index < -0.39 is 0 Å². The molecule has 3 aromatic rings. The van der Waals surface area contributed by atoms with Gasteiger partial charge in [-0.2, -0.15) is 0 Å². The zero-order valence-electron chi connectivity index (χ0n) is 18.9. The second-order valence-corrected chi connectivity index (χ2v) is 7.87. The smallest absolute Gasteiger partial charge is 0.255 e. The molecule has 1 amide bonds. The van der Waals surface area contributed by atoms with Crippen LogP contribution in [0.4, 0.5) is 0 Å². The van der Waals surface area contributed by atoms with E-state index in [0.717, 1.165) is 23.4 Å². The van der Waals surface area contributed by atoms with Crippen molar-refractivity contribution in [3.05, 3.63) is 82.2 Å². The Morgan fingerprint density at radius 3 is 2.45 bits per heavy atom. The number of hydrogen-bond acceptors (Lipinski definition) is 5. The fourth-order valence-electron chi connectivity index (χ4n) is 3.50. The number of aromatic nitrogens is 1. The van der Waals surface area contributed by atoms with E-state index in [2.05, 4.69) is 46.6 Å². The van der Waals surface area contributed by atoms with Crippen molar-refractivity contribution in [3.63, 3.8) is 0 Å². The molecule has 164 valence electrons. The van der Waals surface area contributed by atoms with Crippen molar-refractivity contribution < 1.29 is 14.1 Å². The molecule has 0 fully saturated rings. The van der Waals surface area contributed by atoms with Crippen LogP contribution in [0.3, 0.4) is 0 Å². The van der Waals surface area contributed by atoms with Crippen molar-refractivity contribution in [2.45, 2.75) is 39.8 Å². The van der Waals surface area contributed by atoms with Crippen molar-refractivity contribution in [1.82, 2.24) is 15.4 Å². The average Bonchev–Trinajstić information content (AvgIpc) is 3.10. The molecule has 1 aromatic heterocycles. The maximum absolute atomic E-state index is 13.0. The second-order valence-electron chi connectivity index (χ2n) is 7.87. The Kier molecular flexibility index (Phi) is 7.47. The quantitative estimate of drug-likeness (QED) is 0.552. The van der Waals surface area contributed by atoms with Crippen molar-refractivity contribution in [3.8, 4) is 5.75 Å². The van der Waals surface area contributed by atoms with Crippen LogP contribution in [0.25, 0.3) is 0 Å². The van der Waals surface area contributed by atoms with E-state index in [1.165, 1.54) is 11.1 Å². The lowest BCUT2D eigenvalue weighted by Gasteiger charge is -2.25. The van der Waals surface area contributed by atoms with Crippen molar-refractivity contribution in [1.29, 1.82) is 0 Å². The van der Waals surface area contributed by atoms with Gasteiger partial charge in [0.25, 0.3) is 5.91 Å². The molecule has 1 N–H and O–H groups in total. The minimum absolute atomic E-state index is 0.0743. The Bertz CT molecular complexity index is 990. The van der Waals surface area contributed by atoms with Crippen LogP contribution >= 0.6 is 0 Å². The minimum atomic E-state index is -0.161. The van der Waals surface area contributed by atoms with E-state index in [0.29, 0.717) is 24.5 Å². The lowest BCUT2D eigenvalue weighted by atomic mass is 10.0. The van der Waals surface area contributed by atoms with Gasteiger partial charge in [0.2, 0.25) is 0 Å². The van der Waals surface area contributed by atoms with Gasteiger partial charge in [0.05, 0.1) is 22.9 Å². The molecule has 0 spiro atoms. The molecule has 0 saturated carbocycles. The summed E-state index contributed by atoms with van der Waals surface area (Å²) in [4.78, 5) is 15.1. The molecule has 6 nitrogen and oxygen atoms in total. The first kappa shape index (κ1) is 22.6. The summed E-state index contributed by atoms with van der Waals surface area (Å²) in [5.41, 5.74) is 4.67. The molecule has 2 aromatic carbocycles. The molecule has 31 heavy (non-hydrogen) atoms. The predicted molar refractivity (Wildman–Crippen MR) is 121 cm³/mol. The number of carbonyl (C=O) groups is 1. The lowest BCUT2D eigenvalue weighted by Crippen LogP contribution is -2.34. The highest BCUT2D eigenvalue weighted by Gasteiger charge is 2.18. The number of nitrogens with one attached hydrogen (secondary N) is 1. The molecule has 6 heteroatoms. The van der Waals surface area contributed by atoms with E-state index in [-0.39, 0.29) is 11.9 Å². The highest BCUT2D eigenvalue weighted by molar-refractivity contribution is 5.96. The van der Waals surface area contributed by atoms with Crippen LogP contribution in [0.2, 0.25) is 0 Å². The Morgan fingerprint density at radius 2 is 1.84 bits per heavy atom. The summed E-state index contributed by atoms with van der Waals surface area (Å²) in [7, 11) is 4.04. The van der Waals surface area contributed by atoms with Crippen LogP contribution in [0.1, 0.15) is 51.5 Å². The zero-order chi connectivity index (χ0) is 22.4. The van der Waals surface area contributed by atoms with Gasteiger partial charge in [-0.05, 0) is 57.6 Å². The molecular weight excluding hydrogens is 390 g/mol. The fourth-order valence-corrected chi connectivity index (χ4v) is 3.50. The number of hydrogen-bond donors (Lipinski definition) is 1. The number of rotatable bonds is 9. The van der Waals surface area contributed by atoms with Gasteiger partial charge in [0, 0.05) is 6.54 Å². The van der Waals surface area contributed by atoms with Crippen LogP contribution in [-0.2, 0) is 13.0 Å². The summed E-state index contributed by atoms with van der Waals surface area (Å²) in [5, 5.41) is 7.02. The largest absolute Gasteiger partial charge is 0.488 e. The molecule has 0 aliphatic heterocycles. The number of benzene rings is 2. The van der Waals surface area contributed by atoms with Crippen LogP contribution in [0.15, 0.2) is 53.1 Å². The first-order chi connectivity index (χ1) is 14.9. The van der Waals surface area contributed by atoms with Crippen LogP contribution in [0, 0.1) is 13.8 Å². The molecule has 3 rings (SSSR count). The molecule has 0 radical (unpaired) electrons. The molecular formula is C25H31N3O3. The van der Waals surface area contributed by atoms with E-state index in [1.54, 1.807) is 12.1 Å². The summed E-state index contributed by atoms with van der Waals surface area (Å²) in [5.74, 6) is 1.10. The van der Waals surface area contributed by atoms with Crippen molar-refractivity contribution in [2.75, 3.05) is 20.6 Å². The van der Waals surface area contributed by atoms with Gasteiger partial charge >= 0.3 is 0 Å². The summed E-state index contributed by atoms with van der Waals surface area (Å²) in [6.07, 6.45) is 1.01. The third kappa shape index (κ3) is 5.52. The van der Waals surface area contributed by atoms with Gasteiger partial charge in [-0.3, -0.25) is 4.79 Å². The molecule has 0 aliphatic carbocycles. The highest BCUT2D eigenvalue weighted by atomic mass is 16.5. The van der Waals surface area contributed by atoms with E-state index >= 15 is 0 Å². The maximum atomic E-state index is 13.0. The van der Waals surface area contributed by atoms with Crippen LogP contribution < -0.4 is 10.1 Å². The number of carbonyl (C=O) groups excluding carboxylic acids is 1. The minimum Gasteiger partial charge on any atom is -0.488 e. The number of ether oxygens (including phenoxy) is 1. The van der Waals surface area contributed by atoms with Crippen LogP contribution in [0.5, 0.6) is 5.75 Å². The predicted octanol–water partition coefficient (Wildman–Crippen LogP) is 4.47. The molecule has 1 unspecified atom stereocenters. The Balaban J connectivity index is 1.69. The zero-order valence-corrected chi connectivity index (χ0v) is 18.9. The number of likely N-dealkylation sites (N-methyl/N-ethyl adjacent to an activating group) is 1. The van der Waals surface area contributed by atoms with Crippen molar-refractivity contribution >= 4 is 5.91 Å². The van der Waals surface area contributed by atoms with Gasteiger partial charge in [-0.15, -0.1) is 0 Å². The third-order valence-electron chi connectivity index (χ3n) is 5.54. The lowest BCUT2D eigenvalue weighted by molar-refractivity contribution is 0.0937. The maximum Gasteiger partial charge on any atom is 0.255 e. The van der Waals surface area contributed by atoms with Crippen molar-refractivity contribution in [2.24, 2.45) is 0 Å². The third-order valence-corrected chi connectivity index (χ3v) is 5.54. The molecule has 1 atom stereocenters. The van der Waals surface area contributed by atoms with Gasteiger partial charge in [-0.1, -0.05) is 48.5 Å². The molecule has 0 saturated heterocycles. The summed E-state index contributed by atoms with van der Waals surface area (Å²) in [6, 6.07) is 15.9. The van der Waals surface area contributed by atoms with E-state index in [1.807, 2.05) is 40.1 Å². The van der Waals surface area contributed by atoms with Gasteiger partial charge < -0.3 is 19.5 Å². The summed E-state index contributed by atoms with van der Waals surface area (Å²) in [6.45, 7) is 6.67. The molecule has 1 heterocycles. The first-order valence-corrected chi connectivity index (χ1v) is 10.6. The number of aryl methyl sites for hydroxylation is 3. The summed E-state index contributed by atoms with van der Waals surface area (Å²) >= 11 is 0. The van der Waals surface area contributed by atoms with E-state index in [4.69, 9.17) is 9.26 Å². The monoisotopic (exact) mass is 421 g/mol. The topological polar surface area (TPSA) is 67.6 Å². The number of para-hydroxylation sites is 1. The summed E-state index contributed by atoms with van der Waals surface area (Å²) < 4.78 is 11.1. The molecule has 0 aliphatic rings. The van der Waals surface area contributed by atoms with Gasteiger partial charge in [0.1, 0.15) is 18.1 Å². The fraction of sp³-hybridized carbons (Fsp3) is 0.360. The Morgan fingerprint density at radius 1 is 1.13 bits per heavy atom. The normalized spacial score (nSPS) is 12.1. The second kappa shape index (κ2) is 10.3. The standard InChI is InChI=1S/C25H31N3O3/c1-6-19-11-13-20(14-12-19)23(28(4)5)15-26-25(29)21-9-7-8-10-24(21)30-16-22-17(2)27-31-18(22)3/h7-14,23H,6,15-16H2,1-5H3,(H,26,29). The Hall–Kier alpha value is -3.12. The number of nitrogens with zero attached hydrogens (tertiary/aromatic N) is 2. The van der Waals surface area contributed by atoms with Gasteiger partial charge in [0.15, 0.2) is 0 Å². The first-order valence-electron chi connectivity index (χ1n) is 10.6. The number of amides is 1. The average molecular weight is 422 g/mol. The SMILES string of the molecule is CCc1ccc(C(CNC(=O)c2ccccc2OCc2c(C)noc2C)N(C)C)cc1. The Labute approximate surface area is 184 Å². The highest BCUT2D eigenvalue weighted by Crippen LogP contribution is 2.23.